The number of hydrogen-bond acceptors (Lipinski definition) is 4. The average molecular weight is 340 g/mol. The molecular weight excluding hydrogens is 330 g/mol. The third-order valence-electron chi connectivity index (χ3n) is 2.57. The van der Waals surface area contributed by atoms with E-state index in [9.17, 15) is 4.21 Å². The molecule has 0 fully saturated rings. The molecule has 0 radical (unpaired) electrons. The quantitative estimate of drug-likeness (QED) is 0.732. The van der Waals surface area contributed by atoms with Gasteiger partial charge in [0.25, 0.3) is 0 Å². The van der Waals surface area contributed by atoms with Crippen LogP contribution < -0.4 is 0 Å². The molecule has 1 atom stereocenters. The Balaban J connectivity index is 1.76. The van der Waals surface area contributed by atoms with Crippen molar-refractivity contribution in [3.63, 3.8) is 0 Å². The normalized spacial score (nSPS) is 12.9. The van der Waals surface area contributed by atoms with E-state index in [0.29, 0.717) is 17.2 Å². The van der Waals surface area contributed by atoms with E-state index in [1.54, 1.807) is 6.07 Å². The van der Waals surface area contributed by atoms with Crippen molar-refractivity contribution in [2.45, 2.75) is 11.5 Å². The second kappa shape index (κ2) is 5.26. The molecule has 19 heavy (non-hydrogen) atoms. The Hall–Kier alpha value is -1.47. The van der Waals surface area contributed by atoms with Crippen LogP contribution in [0.5, 0.6) is 0 Å². The van der Waals surface area contributed by atoms with Crippen molar-refractivity contribution in [2.75, 3.05) is 0 Å². The van der Waals surface area contributed by atoms with Gasteiger partial charge in [0.1, 0.15) is 11.9 Å². The van der Waals surface area contributed by atoms with Gasteiger partial charge in [-0.1, -0.05) is 5.16 Å². The van der Waals surface area contributed by atoms with Crippen LogP contribution in [0.25, 0.3) is 5.65 Å². The molecule has 0 aliphatic rings. The number of pyridine rings is 1. The standard InChI is InChI=1S/C12H10BrN3O2S/c13-9-1-2-12-14-11(6-16(12)5-9)8-19(17)7-10-3-4-18-15-10/h1-6H,7-8H2/t19-/m0/s1. The van der Waals surface area contributed by atoms with Crippen LogP contribution in [0.3, 0.4) is 0 Å². The van der Waals surface area contributed by atoms with Crippen LogP contribution in [0.4, 0.5) is 0 Å². The Kier molecular flexibility index (Phi) is 3.48. The van der Waals surface area contributed by atoms with E-state index in [1.165, 1.54) is 6.26 Å². The number of nitrogens with zero attached hydrogens (tertiary/aromatic N) is 3. The molecule has 3 rings (SSSR count). The largest absolute Gasteiger partial charge is 0.364 e. The first-order chi connectivity index (χ1) is 9.20. The lowest BCUT2D eigenvalue weighted by Gasteiger charge is -1.95. The first-order valence-corrected chi connectivity index (χ1v) is 7.86. The predicted octanol–water partition coefficient (Wildman–Crippen LogP) is 2.53. The Morgan fingerprint density at radius 2 is 2.05 bits per heavy atom. The molecular formula is C12H10BrN3O2S. The van der Waals surface area contributed by atoms with Crippen molar-refractivity contribution in [3.8, 4) is 0 Å². The van der Waals surface area contributed by atoms with Gasteiger partial charge < -0.3 is 8.92 Å². The molecule has 3 heterocycles. The van der Waals surface area contributed by atoms with Gasteiger partial charge in [-0.05, 0) is 28.1 Å². The summed E-state index contributed by atoms with van der Waals surface area (Å²) in [7, 11) is -1.04. The molecule has 3 aromatic heterocycles. The Labute approximate surface area is 120 Å². The summed E-state index contributed by atoms with van der Waals surface area (Å²) in [4.78, 5) is 4.43. The van der Waals surface area contributed by atoms with Gasteiger partial charge in [0, 0.05) is 33.7 Å². The molecule has 0 amide bonds. The van der Waals surface area contributed by atoms with Crippen molar-refractivity contribution in [1.82, 2.24) is 14.5 Å². The number of rotatable bonds is 4. The third-order valence-corrected chi connectivity index (χ3v) is 4.28. The Morgan fingerprint density at radius 3 is 2.84 bits per heavy atom. The van der Waals surface area contributed by atoms with E-state index in [0.717, 1.165) is 15.8 Å². The Bertz CT molecular complexity index is 724. The van der Waals surface area contributed by atoms with E-state index < -0.39 is 10.8 Å². The van der Waals surface area contributed by atoms with Gasteiger partial charge in [-0.3, -0.25) is 4.21 Å². The van der Waals surface area contributed by atoms with Crippen LogP contribution in [0.15, 0.2) is 45.9 Å². The van der Waals surface area contributed by atoms with Crippen molar-refractivity contribution in [3.05, 3.63) is 52.7 Å². The van der Waals surface area contributed by atoms with Crippen LogP contribution in [0.2, 0.25) is 0 Å². The highest BCUT2D eigenvalue weighted by Crippen LogP contribution is 2.14. The maximum absolute atomic E-state index is 12.0. The molecule has 0 saturated carbocycles. The lowest BCUT2D eigenvalue weighted by molar-refractivity contribution is 0.414. The minimum atomic E-state index is -1.04. The number of fused-ring (bicyclic) bond motifs is 1. The molecule has 0 unspecified atom stereocenters. The summed E-state index contributed by atoms with van der Waals surface area (Å²) in [6, 6.07) is 5.56. The van der Waals surface area contributed by atoms with Crippen molar-refractivity contribution < 1.29 is 8.73 Å². The molecule has 7 heteroatoms. The van der Waals surface area contributed by atoms with Crippen LogP contribution in [-0.2, 0) is 22.3 Å². The van der Waals surface area contributed by atoms with Gasteiger partial charge in [0.15, 0.2) is 0 Å². The van der Waals surface area contributed by atoms with E-state index in [4.69, 9.17) is 4.52 Å². The zero-order valence-electron chi connectivity index (χ0n) is 9.82. The highest BCUT2D eigenvalue weighted by molar-refractivity contribution is 9.10. The first kappa shape index (κ1) is 12.6. The molecule has 0 saturated heterocycles. The zero-order valence-corrected chi connectivity index (χ0v) is 12.2. The lowest BCUT2D eigenvalue weighted by atomic mass is 10.5. The van der Waals surface area contributed by atoms with Gasteiger partial charge in [0.2, 0.25) is 0 Å². The summed E-state index contributed by atoms with van der Waals surface area (Å²) in [5, 5.41) is 3.75. The topological polar surface area (TPSA) is 60.4 Å². The number of aromatic nitrogens is 3. The molecule has 98 valence electrons. The molecule has 0 aromatic carbocycles. The van der Waals surface area contributed by atoms with Gasteiger partial charge in [-0.2, -0.15) is 0 Å². The molecule has 5 nitrogen and oxygen atoms in total. The molecule has 3 aromatic rings. The summed E-state index contributed by atoms with van der Waals surface area (Å²) in [6.07, 6.45) is 5.29. The summed E-state index contributed by atoms with van der Waals surface area (Å²) in [5.41, 5.74) is 2.35. The van der Waals surface area contributed by atoms with Gasteiger partial charge in [0.05, 0.1) is 22.9 Å². The van der Waals surface area contributed by atoms with Crippen LogP contribution in [0.1, 0.15) is 11.4 Å². The van der Waals surface area contributed by atoms with Crippen LogP contribution in [0, 0.1) is 0 Å². The highest BCUT2D eigenvalue weighted by Gasteiger charge is 2.09. The molecule has 0 bridgehead atoms. The summed E-state index contributed by atoms with van der Waals surface area (Å²) in [6.45, 7) is 0. The van der Waals surface area contributed by atoms with Crippen molar-refractivity contribution in [2.24, 2.45) is 0 Å². The lowest BCUT2D eigenvalue weighted by Crippen LogP contribution is -1.99. The van der Waals surface area contributed by atoms with E-state index in [2.05, 4.69) is 26.1 Å². The number of hydrogen-bond donors (Lipinski definition) is 0. The monoisotopic (exact) mass is 339 g/mol. The minimum absolute atomic E-state index is 0.383. The van der Waals surface area contributed by atoms with Gasteiger partial charge in [-0.25, -0.2) is 4.98 Å². The smallest absolute Gasteiger partial charge is 0.137 e. The third kappa shape index (κ3) is 2.93. The van der Waals surface area contributed by atoms with Crippen molar-refractivity contribution in [1.29, 1.82) is 0 Å². The van der Waals surface area contributed by atoms with Crippen LogP contribution >= 0.6 is 15.9 Å². The molecule has 0 spiro atoms. The second-order valence-corrected chi connectivity index (χ2v) is 6.44. The SMILES string of the molecule is O=[S@@](Cc1ccon1)Cc1cn2cc(Br)ccc2n1. The van der Waals surface area contributed by atoms with E-state index in [-0.39, 0.29) is 0 Å². The van der Waals surface area contributed by atoms with E-state index in [1.807, 2.05) is 28.9 Å². The maximum atomic E-state index is 12.0. The predicted molar refractivity (Wildman–Crippen MR) is 74.9 cm³/mol. The molecule has 0 aliphatic heterocycles. The number of halogens is 1. The maximum Gasteiger partial charge on any atom is 0.137 e. The van der Waals surface area contributed by atoms with E-state index >= 15 is 0 Å². The number of imidazole rings is 1. The zero-order chi connectivity index (χ0) is 13.2. The summed E-state index contributed by atoms with van der Waals surface area (Å²) >= 11 is 3.41. The fourth-order valence-electron chi connectivity index (χ4n) is 1.78. The molecule has 0 aliphatic carbocycles. The molecule has 0 N–H and O–H groups in total. The summed E-state index contributed by atoms with van der Waals surface area (Å²) in [5.74, 6) is 0.792. The average Bonchev–Trinajstić information content (AvgIpc) is 2.97. The highest BCUT2D eigenvalue weighted by atomic mass is 79.9. The second-order valence-electron chi connectivity index (χ2n) is 4.06. The first-order valence-electron chi connectivity index (χ1n) is 5.58. The fraction of sp³-hybridized carbons (Fsp3) is 0.167. The van der Waals surface area contributed by atoms with Gasteiger partial charge >= 0.3 is 0 Å². The van der Waals surface area contributed by atoms with Crippen LogP contribution in [-0.4, -0.2) is 18.8 Å². The summed E-state index contributed by atoms with van der Waals surface area (Å²) < 4.78 is 19.6. The minimum Gasteiger partial charge on any atom is -0.364 e. The fourth-order valence-corrected chi connectivity index (χ4v) is 3.18. The van der Waals surface area contributed by atoms with Gasteiger partial charge in [-0.15, -0.1) is 0 Å². The Morgan fingerprint density at radius 1 is 1.21 bits per heavy atom. The van der Waals surface area contributed by atoms with Crippen molar-refractivity contribution >= 4 is 32.4 Å².